The fraction of sp³-hybridized carbons (Fsp3) is 0.562. The summed E-state index contributed by atoms with van der Waals surface area (Å²) in [7, 11) is 0. The topological polar surface area (TPSA) is 78.3 Å². The molecule has 0 aromatic heterocycles. The van der Waals surface area contributed by atoms with Crippen LogP contribution < -0.4 is 16.2 Å². The van der Waals surface area contributed by atoms with Crippen LogP contribution >= 0.6 is 0 Å². The minimum absolute atomic E-state index is 0.454. The van der Waals surface area contributed by atoms with Gasteiger partial charge in [0.15, 0.2) is 0 Å². The molecule has 0 saturated carbocycles. The van der Waals surface area contributed by atoms with E-state index in [0.717, 1.165) is 31.4 Å². The Morgan fingerprint density at radius 3 is 2.45 bits per heavy atom. The number of primary amides is 1. The quantitative estimate of drug-likeness (QED) is 0.681. The minimum atomic E-state index is -0.915. The van der Waals surface area contributed by atoms with Gasteiger partial charge in [0.1, 0.15) is 5.75 Å². The Hall–Kier alpha value is -1.55. The summed E-state index contributed by atoms with van der Waals surface area (Å²) in [5.74, 6) is 0.431. The second-order valence-electron chi connectivity index (χ2n) is 5.48. The van der Waals surface area contributed by atoms with Crippen LogP contribution in [0.4, 0.5) is 0 Å². The van der Waals surface area contributed by atoms with Crippen LogP contribution in [-0.4, -0.2) is 18.1 Å². The highest BCUT2D eigenvalue weighted by atomic mass is 16.5. The molecule has 0 aliphatic carbocycles. The zero-order valence-electron chi connectivity index (χ0n) is 12.5. The predicted octanol–water partition coefficient (Wildman–Crippen LogP) is 2.39. The van der Waals surface area contributed by atoms with Crippen LogP contribution in [0.25, 0.3) is 0 Å². The Balaban J connectivity index is 2.23. The Labute approximate surface area is 121 Å². The normalized spacial score (nSPS) is 13.8. The van der Waals surface area contributed by atoms with Gasteiger partial charge in [0.25, 0.3) is 0 Å². The highest BCUT2D eigenvalue weighted by molar-refractivity contribution is 5.83. The molecule has 0 radical (unpaired) electrons. The molecule has 0 saturated heterocycles. The molecule has 0 aliphatic heterocycles. The summed E-state index contributed by atoms with van der Waals surface area (Å²) in [6.07, 6.45) is 4.52. The lowest BCUT2D eigenvalue weighted by Gasteiger charge is -2.19. The van der Waals surface area contributed by atoms with Crippen molar-refractivity contribution in [3.63, 3.8) is 0 Å². The molecular formula is C16H26N2O2. The lowest BCUT2D eigenvalue weighted by atomic mass is 9.96. The van der Waals surface area contributed by atoms with E-state index in [1.54, 1.807) is 6.92 Å². The van der Waals surface area contributed by atoms with Crippen molar-refractivity contribution in [1.29, 1.82) is 0 Å². The Morgan fingerprint density at radius 1 is 1.25 bits per heavy atom. The van der Waals surface area contributed by atoms with Crippen molar-refractivity contribution in [3.05, 3.63) is 29.8 Å². The maximum atomic E-state index is 11.1. The van der Waals surface area contributed by atoms with Crippen molar-refractivity contribution in [3.8, 4) is 5.75 Å². The molecule has 0 heterocycles. The first-order valence-electron chi connectivity index (χ1n) is 7.26. The van der Waals surface area contributed by atoms with E-state index in [4.69, 9.17) is 16.2 Å². The van der Waals surface area contributed by atoms with Crippen molar-refractivity contribution >= 4 is 5.91 Å². The van der Waals surface area contributed by atoms with Gasteiger partial charge in [-0.1, -0.05) is 25.5 Å². The number of unbranched alkanes of at least 4 members (excludes halogenated alkanes) is 1. The molecule has 0 spiro atoms. The molecule has 1 aromatic carbocycles. The Bertz CT molecular complexity index is 413. The van der Waals surface area contributed by atoms with Gasteiger partial charge in [0.05, 0.1) is 12.1 Å². The summed E-state index contributed by atoms with van der Waals surface area (Å²) in [6.45, 7) is 4.46. The third kappa shape index (κ3) is 5.61. The molecule has 20 heavy (non-hydrogen) atoms. The van der Waals surface area contributed by atoms with Crippen molar-refractivity contribution < 1.29 is 9.53 Å². The molecule has 4 nitrogen and oxygen atoms in total. The Morgan fingerprint density at radius 2 is 1.90 bits per heavy atom. The maximum absolute atomic E-state index is 11.1. The molecule has 112 valence electrons. The standard InChI is InChI=1S/C16H26N2O2/c1-3-6-13-7-9-14(10-8-13)20-12-5-4-11-16(2,18)15(17)19/h7-10H,3-6,11-12,18H2,1-2H3,(H2,17,19). The van der Waals surface area contributed by atoms with Crippen LogP contribution in [0.3, 0.4) is 0 Å². The van der Waals surface area contributed by atoms with E-state index in [1.807, 2.05) is 12.1 Å². The van der Waals surface area contributed by atoms with Gasteiger partial charge in [-0.25, -0.2) is 0 Å². The van der Waals surface area contributed by atoms with Crippen molar-refractivity contribution in [2.45, 2.75) is 51.5 Å². The average molecular weight is 278 g/mol. The van der Waals surface area contributed by atoms with Gasteiger partial charge in [0, 0.05) is 0 Å². The summed E-state index contributed by atoms with van der Waals surface area (Å²) in [5.41, 5.74) is 11.4. The number of rotatable bonds is 9. The lowest BCUT2D eigenvalue weighted by molar-refractivity contribution is -0.122. The summed E-state index contributed by atoms with van der Waals surface area (Å²) in [5, 5.41) is 0. The van der Waals surface area contributed by atoms with E-state index < -0.39 is 11.4 Å². The predicted molar refractivity (Wildman–Crippen MR) is 81.6 cm³/mol. The number of benzene rings is 1. The fourth-order valence-electron chi connectivity index (χ4n) is 1.95. The van der Waals surface area contributed by atoms with E-state index in [9.17, 15) is 4.79 Å². The molecule has 1 atom stereocenters. The van der Waals surface area contributed by atoms with E-state index in [-0.39, 0.29) is 0 Å². The summed E-state index contributed by atoms with van der Waals surface area (Å²) in [6, 6.07) is 8.20. The minimum Gasteiger partial charge on any atom is -0.494 e. The molecule has 1 unspecified atom stereocenters. The van der Waals surface area contributed by atoms with E-state index in [2.05, 4.69) is 19.1 Å². The number of aryl methyl sites for hydroxylation is 1. The van der Waals surface area contributed by atoms with E-state index >= 15 is 0 Å². The molecular weight excluding hydrogens is 252 g/mol. The van der Waals surface area contributed by atoms with Crippen LogP contribution in [0, 0.1) is 0 Å². The number of hydrogen-bond donors (Lipinski definition) is 2. The molecule has 0 fully saturated rings. The largest absolute Gasteiger partial charge is 0.494 e. The molecule has 1 aromatic rings. The molecule has 0 bridgehead atoms. The third-order valence-electron chi connectivity index (χ3n) is 3.38. The first kappa shape index (κ1) is 16.5. The van der Waals surface area contributed by atoms with Crippen molar-refractivity contribution in [2.24, 2.45) is 11.5 Å². The number of hydrogen-bond acceptors (Lipinski definition) is 3. The van der Waals surface area contributed by atoms with Gasteiger partial charge in [-0.05, 0) is 50.3 Å². The van der Waals surface area contributed by atoms with Gasteiger partial charge < -0.3 is 16.2 Å². The first-order chi connectivity index (χ1) is 9.45. The van der Waals surface area contributed by atoms with Gasteiger partial charge in [-0.2, -0.15) is 0 Å². The summed E-state index contributed by atoms with van der Waals surface area (Å²) in [4.78, 5) is 11.1. The molecule has 1 rings (SSSR count). The molecule has 0 aliphatic rings. The van der Waals surface area contributed by atoms with Crippen molar-refractivity contribution in [1.82, 2.24) is 0 Å². The lowest BCUT2D eigenvalue weighted by Crippen LogP contribution is -2.49. The van der Waals surface area contributed by atoms with Gasteiger partial charge >= 0.3 is 0 Å². The second-order valence-corrected chi connectivity index (χ2v) is 5.48. The number of nitrogens with two attached hydrogens (primary N) is 2. The second kappa shape index (κ2) is 7.90. The highest BCUT2D eigenvalue weighted by Crippen LogP contribution is 2.15. The third-order valence-corrected chi connectivity index (χ3v) is 3.38. The molecule has 4 heteroatoms. The number of carbonyl (C=O) groups excluding carboxylic acids is 1. The summed E-state index contributed by atoms with van der Waals surface area (Å²) < 4.78 is 5.66. The van der Waals surface area contributed by atoms with Gasteiger partial charge in [-0.15, -0.1) is 0 Å². The number of carbonyl (C=O) groups is 1. The van der Waals surface area contributed by atoms with Crippen LogP contribution in [0.2, 0.25) is 0 Å². The summed E-state index contributed by atoms with van der Waals surface area (Å²) >= 11 is 0. The zero-order chi connectivity index (χ0) is 15.0. The molecule has 1 amide bonds. The zero-order valence-corrected chi connectivity index (χ0v) is 12.5. The van der Waals surface area contributed by atoms with Crippen molar-refractivity contribution in [2.75, 3.05) is 6.61 Å². The van der Waals surface area contributed by atoms with Crippen LogP contribution in [-0.2, 0) is 11.2 Å². The fourth-order valence-corrected chi connectivity index (χ4v) is 1.95. The first-order valence-corrected chi connectivity index (χ1v) is 7.26. The van der Waals surface area contributed by atoms with Crippen LogP contribution in [0.1, 0.15) is 45.1 Å². The highest BCUT2D eigenvalue weighted by Gasteiger charge is 2.24. The van der Waals surface area contributed by atoms with E-state index in [1.165, 1.54) is 5.56 Å². The Kier molecular flexibility index (Phi) is 6.52. The van der Waals surface area contributed by atoms with E-state index in [0.29, 0.717) is 13.0 Å². The van der Waals surface area contributed by atoms with Crippen LogP contribution in [0.15, 0.2) is 24.3 Å². The SMILES string of the molecule is CCCc1ccc(OCCCCC(C)(N)C(N)=O)cc1. The number of amides is 1. The monoisotopic (exact) mass is 278 g/mol. The molecule has 4 N–H and O–H groups in total. The van der Waals surface area contributed by atoms with Gasteiger partial charge in [-0.3, -0.25) is 4.79 Å². The van der Waals surface area contributed by atoms with Crippen LogP contribution in [0.5, 0.6) is 5.75 Å². The van der Waals surface area contributed by atoms with Gasteiger partial charge in [0.2, 0.25) is 5.91 Å². The average Bonchev–Trinajstić information content (AvgIpc) is 2.40. The number of ether oxygens (including phenoxy) is 1. The maximum Gasteiger partial charge on any atom is 0.237 e. The smallest absolute Gasteiger partial charge is 0.237 e.